The van der Waals surface area contributed by atoms with E-state index in [-0.39, 0.29) is 11.7 Å². The first-order valence-corrected chi connectivity index (χ1v) is 9.23. The summed E-state index contributed by atoms with van der Waals surface area (Å²) < 4.78 is 0. The third kappa shape index (κ3) is 4.30. The standard InChI is InChI=1S/C24H19N3O2/c28-23-11-10-19-8-4-5-9-21(19)22(23)16-25-26-24(29)20-12-14-27(15-13-20)17-18-6-2-1-3-7-18/h1-16,29H,17H2/b22-16-,26-25?. The first-order valence-electron chi connectivity index (χ1n) is 9.23. The number of carbonyl (C=O) groups is 1. The predicted octanol–water partition coefficient (Wildman–Crippen LogP) is 5.39. The molecule has 1 aliphatic carbocycles. The summed E-state index contributed by atoms with van der Waals surface area (Å²) in [6, 6.07) is 17.7. The highest BCUT2D eigenvalue weighted by atomic mass is 16.3. The minimum Gasteiger partial charge on any atom is -0.492 e. The van der Waals surface area contributed by atoms with Gasteiger partial charge in [-0.25, -0.2) is 0 Å². The van der Waals surface area contributed by atoms with Crippen LogP contribution in [0.4, 0.5) is 0 Å². The Balaban J connectivity index is 1.47. The third-order valence-electron chi connectivity index (χ3n) is 4.63. The van der Waals surface area contributed by atoms with Crippen molar-refractivity contribution in [3.05, 3.63) is 120 Å². The van der Waals surface area contributed by atoms with Crippen LogP contribution in [0.2, 0.25) is 0 Å². The molecule has 0 aromatic heterocycles. The average molecular weight is 381 g/mol. The van der Waals surface area contributed by atoms with Gasteiger partial charge in [0, 0.05) is 30.1 Å². The zero-order valence-corrected chi connectivity index (χ0v) is 15.6. The van der Waals surface area contributed by atoms with E-state index >= 15 is 0 Å². The molecular weight excluding hydrogens is 362 g/mol. The number of hydrogen-bond acceptors (Lipinski definition) is 5. The highest BCUT2D eigenvalue weighted by Gasteiger charge is 2.16. The van der Waals surface area contributed by atoms with Crippen LogP contribution in [-0.2, 0) is 11.3 Å². The van der Waals surface area contributed by atoms with E-state index in [1.54, 1.807) is 18.2 Å². The van der Waals surface area contributed by atoms with Gasteiger partial charge in [-0.15, -0.1) is 5.11 Å². The molecule has 2 aromatic carbocycles. The van der Waals surface area contributed by atoms with Crippen LogP contribution in [-0.4, -0.2) is 15.8 Å². The van der Waals surface area contributed by atoms with Gasteiger partial charge < -0.3 is 10.0 Å². The second-order valence-corrected chi connectivity index (χ2v) is 6.61. The summed E-state index contributed by atoms with van der Waals surface area (Å²) in [7, 11) is 0. The van der Waals surface area contributed by atoms with Gasteiger partial charge in [0.15, 0.2) is 5.78 Å². The molecule has 0 radical (unpaired) electrons. The Morgan fingerprint density at radius 1 is 0.931 bits per heavy atom. The summed E-state index contributed by atoms with van der Waals surface area (Å²) in [5, 5.41) is 18.0. The molecule has 0 bridgehead atoms. The van der Waals surface area contributed by atoms with Crippen LogP contribution in [0.5, 0.6) is 0 Å². The molecule has 5 nitrogen and oxygen atoms in total. The van der Waals surface area contributed by atoms with Crippen LogP contribution in [0.25, 0.3) is 11.6 Å². The quantitative estimate of drug-likeness (QED) is 0.439. The molecule has 0 atom stereocenters. The van der Waals surface area contributed by atoms with Gasteiger partial charge in [0.25, 0.3) is 0 Å². The van der Waals surface area contributed by atoms with E-state index in [4.69, 9.17) is 0 Å². The number of hydrogen-bond donors (Lipinski definition) is 1. The fraction of sp³-hybridized carbons (Fsp3) is 0.0417. The Hall–Kier alpha value is -3.99. The molecule has 1 heterocycles. The van der Waals surface area contributed by atoms with Crippen molar-refractivity contribution in [2.75, 3.05) is 0 Å². The van der Waals surface area contributed by atoms with Crippen LogP contribution in [0, 0.1) is 0 Å². The summed E-state index contributed by atoms with van der Waals surface area (Å²) in [6.45, 7) is 0.741. The maximum atomic E-state index is 12.2. The number of allylic oxidation sites excluding steroid dienone is 5. The molecule has 5 heteroatoms. The SMILES string of the molecule is O=C1C=Cc2ccccc2/C1=C/N=NC(O)=C1C=CN(Cc2ccccc2)C=C1. The molecule has 2 aliphatic rings. The largest absolute Gasteiger partial charge is 0.492 e. The van der Waals surface area contributed by atoms with Crippen LogP contribution in [0.15, 0.2) is 113 Å². The van der Waals surface area contributed by atoms with Crippen LogP contribution >= 0.6 is 0 Å². The minimum absolute atomic E-state index is 0.135. The fourth-order valence-corrected chi connectivity index (χ4v) is 3.11. The molecule has 29 heavy (non-hydrogen) atoms. The number of nitrogens with zero attached hydrogens (tertiary/aromatic N) is 3. The van der Waals surface area contributed by atoms with Gasteiger partial charge in [-0.05, 0) is 34.9 Å². The van der Waals surface area contributed by atoms with Gasteiger partial charge >= 0.3 is 0 Å². The number of aliphatic hydroxyl groups is 1. The predicted molar refractivity (Wildman–Crippen MR) is 113 cm³/mol. The molecule has 0 spiro atoms. The number of rotatable bonds is 4. The molecule has 4 rings (SSSR count). The maximum Gasteiger partial charge on any atom is 0.238 e. The highest BCUT2D eigenvalue weighted by molar-refractivity contribution is 6.29. The fourth-order valence-electron chi connectivity index (χ4n) is 3.11. The van der Waals surface area contributed by atoms with Crippen LogP contribution in [0.3, 0.4) is 0 Å². The number of ketones is 1. The molecule has 142 valence electrons. The molecule has 0 saturated carbocycles. The smallest absolute Gasteiger partial charge is 0.238 e. The summed E-state index contributed by atoms with van der Waals surface area (Å²) in [4.78, 5) is 14.2. The minimum atomic E-state index is -0.208. The number of carbonyl (C=O) groups excluding carboxylic acids is 1. The van der Waals surface area contributed by atoms with E-state index in [2.05, 4.69) is 22.4 Å². The normalized spacial score (nSPS) is 16.7. The topological polar surface area (TPSA) is 65.3 Å². The second kappa shape index (κ2) is 8.35. The van der Waals surface area contributed by atoms with E-state index in [1.165, 1.54) is 17.8 Å². The van der Waals surface area contributed by atoms with Gasteiger partial charge in [-0.3, -0.25) is 4.79 Å². The zero-order valence-electron chi connectivity index (χ0n) is 15.6. The van der Waals surface area contributed by atoms with Crippen molar-refractivity contribution in [1.29, 1.82) is 0 Å². The second-order valence-electron chi connectivity index (χ2n) is 6.61. The summed E-state index contributed by atoms with van der Waals surface area (Å²) >= 11 is 0. The van der Waals surface area contributed by atoms with E-state index in [0.717, 1.165) is 17.7 Å². The lowest BCUT2D eigenvalue weighted by Crippen LogP contribution is -2.11. The third-order valence-corrected chi connectivity index (χ3v) is 4.63. The lowest BCUT2D eigenvalue weighted by atomic mass is 9.92. The first-order chi connectivity index (χ1) is 14.2. The molecule has 2 aromatic rings. The lowest BCUT2D eigenvalue weighted by molar-refractivity contribution is -0.109. The van der Waals surface area contributed by atoms with Crippen LogP contribution in [0.1, 0.15) is 16.7 Å². The highest BCUT2D eigenvalue weighted by Crippen LogP contribution is 2.26. The van der Waals surface area contributed by atoms with Crippen molar-refractivity contribution < 1.29 is 9.90 Å². The van der Waals surface area contributed by atoms with Crippen molar-refractivity contribution in [2.24, 2.45) is 10.2 Å². The Labute approximate surface area is 169 Å². The summed E-state index contributed by atoms with van der Waals surface area (Å²) in [5.41, 5.74) is 3.95. The molecule has 0 saturated heterocycles. The van der Waals surface area contributed by atoms with Crippen molar-refractivity contribution in [3.8, 4) is 0 Å². The van der Waals surface area contributed by atoms with Gasteiger partial charge in [-0.2, -0.15) is 5.11 Å². The van der Waals surface area contributed by atoms with Gasteiger partial charge in [0.2, 0.25) is 5.88 Å². The Morgan fingerprint density at radius 2 is 1.66 bits per heavy atom. The Kier molecular flexibility index (Phi) is 5.29. The van der Waals surface area contributed by atoms with Crippen LogP contribution < -0.4 is 0 Å². The molecule has 1 aliphatic heterocycles. The first kappa shape index (κ1) is 18.4. The van der Waals surface area contributed by atoms with Crippen molar-refractivity contribution >= 4 is 17.4 Å². The molecule has 0 unspecified atom stereocenters. The van der Waals surface area contributed by atoms with Crippen molar-refractivity contribution in [3.63, 3.8) is 0 Å². The van der Waals surface area contributed by atoms with E-state index in [1.807, 2.05) is 59.8 Å². The molecular formula is C24H19N3O2. The van der Waals surface area contributed by atoms with Crippen molar-refractivity contribution in [1.82, 2.24) is 4.90 Å². The van der Waals surface area contributed by atoms with Crippen molar-refractivity contribution in [2.45, 2.75) is 6.54 Å². The monoisotopic (exact) mass is 381 g/mol. The van der Waals surface area contributed by atoms with Gasteiger partial charge in [0.1, 0.15) is 0 Å². The zero-order chi connectivity index (χ0) is 20.1. The lowest BCUT2D eigenvalue weighted by Gasteiger charge is -2.18. The van der Waals surface area contributed by atoms with E-state index < -0.39 is 0 Å². The summed E-state index contributed by atoms with van der Waals surface area (Å²) in [5.74, 6) is -0.343. The van der Waals surface area contributed by atoms with E-state index in [0.29, 0.717) is 11.1 Å². The maximum absolute atomic E-state index is 12.2. The van der Waals surface area contributed by atoms with E-state index in [9.17, 15) is 9.90 Å². The molecule has 1 N–H and O–H groups in total. The Bertz CT molecular complexity index is 1090. The number of fused-ring (bicyclic) bond motifs is 1. The molecule has 0 amide bonds. The van der Waals surface area contributed by atoms with Gasteiger partial charge in [-0.1, -0.05) is 60.7 Å². The average Bonchev–Trinajstić information content (AvgIpc) is 2.76. The Morgan fingerprint density at radius 3 is 2.45 bits per heavy atom. The molecule has 0 fully saturated rings. The number of azo groups is 1. The summed E-state index contributed by atoms with van der Waals surface area (Å²) in [6.07, 6.45) is 12.0. The number of aliphatic hydroxyl groups excluding tert-OH is 1. The van der Waals surface area contributed by atoms with Gasteiger partial charge in [0.05, 0.1) is 6.20 Å². The number of benzene rings is 2.